The molecule has 1 aliphatic heterocycles. The van der Waals surface area contributed by atoms with Gasteiger partial charge in [-0.1, -0.05) is 30.3 Å². The lowest BCUT2D eigenvalue weighted by Gasteiger charge is -2.21. The molecule has 78 valence electrons. The average molecular weight is 219 g/mol. The van der Waals surface area contributed by atoms with Crippen LogP contribution in [0.3, 0.4) is 0 Å². The Bertz CT molecular complexity index is 386. The predicted molar refractivity (Wildman–Crippen MR) is 63.4 cm³/mol. The second-order valence-corrected chi connectivity index (χ2v) is 5.01. The van der Waals surface area contributed by atoms with Crippen LogP contribution in [0.1, 0.15) is 12.5 Å². The first-order valence-corrected chi connectivity index (χ1v) is 5.81. The zero-order chi connectivity index (χ0) is 10.7. The molecule has 0 radical (unpaired) electrons. The van der Waals surface area contributed by atoms with E-state index in [9.17, 15) is 4.79 Å². The topological polar surface area (TPSA) is 29.1 Å². The summed E-state index contributed by atoms with van der Waals surface area (Å²) in [6, 6.07) is 10.2. The van der Waals surface area contributed by atoms with E-state index in [1.165, 1.54) is 5.56 Å². The van der Waals surface area contributed by atoms with Crippen LogP contribution in [0.25, 0.3) is 0 Å². The van der Waals surface area contributed by atoms with Crippen molar-refractivity contribution in [3.63, 3.8) is 0 Å². The molecule has 3 heteroatoms. The Kier molecular flexibility index (Phi) is 3.11. The summed E-state index contributed by atoms with van der Waals surface area (Å²) in [5.74, 6) is 0.0205. The number of carbonyl (C=O) groups excluding carboxylic acids is 1. The van der Waals surface area contributed by atoms with E-state index < -0.39 is 0 Å². The quantitative estimate of drug-likeness (QED) is 0.827. The van der Waals surface area contributed by atoms with Gasteiger partial charge < -0.3 is 5.32 Å². The van der Waals surface area contributed by atoms with Gasteiger partial charge in [-0.2, -0.15) is 0 Å². The van der Waals surface area contributed by atoms with Crippen LogP contribution < -0.4 is 5.32 Å². The van der Waals surface area contributed by atoms with Gasteiger partial charge in [0.2, 0.25) is 5.91 Å². The van der Waals surface area contributed by atoms with Crippen molar-refractivity contribution in [3.8, 4) is 0 Å². The molecule has 1 amide bonds. The number of allylic oxidation sites excluding steroid dienone is 1. The van der Waals surface area contributed by atoms with E-state index in [-0.39, 0.29) is 11.3 Å². The highest BCUT2D eigenvalue weighted by atomic mass is 32.2. The van der Waals surface area contributed by atoms with E-state index in [2.05, 4.69) is 17.4 Å². The SMILES string of the molecule is CC1=CC(=O)NC(Cc2ccccc2)S1. The highest BCUT2D eigenvalue weighted by Crippen LogP contribution is 2.25. The van der Waals surface area contributed by atoms with Gasteiger partial charge in [-0.3, -0.25) is 4.79 Å². The molecule has 0 fully saturated rings. The second-order valence-electron chi connectivity index (χ2n) is 3.56. The average Bonchev–Trinajstić information content (AvgIpc) is 2.17. The molecule has 1 aromatic rings. The van der Waals surface area contributed by atoms with Crippen molar-refractivity contribution >= 4 is 17.7 Å². The third kappa shape index (κ3) is 2.86. The molecule has 0 aromatic heterocycles. The Morgan fingerprint density at radius 1 is 1.33 bits per heavy atom. The molecule has 1 aliphatic rings. The van der Waals surface area contributed by atoms with Gasteiger partial charge in [-0.05, 0) is 17.4 Å². The fourth-order valence-corrected chi connectivity index (χ4v) is 2.67. The number of hydrogen-bond donors (Lipinski definition) is 1. The summed E-state index contributed by atoms with van der Waals surface area (Å²) in [4.78, 5) is 12.4. The molecule has 1 N–H and O–H groups in total. The molecular weight excluding hydrogens is 206 g/mol. The minimum absolute atomic E-state index is 0.0205. The van der Waals surface area contributed by atoms with Gasteiger partial charge >= 0.3 is 0 Å². The zero-order valence-corrected chi connectivity index (χ0v) is 9.38. The van der Waals surface area contributed by atoms with Crippen molar-refractivity contribution in [1.29, 1.82) is 0 Å². The van der Waals surface area contributed by atoms with Gasteiger partial charge in [0.1, 0.15) is 0 Å². The first kappa shape index (κ1) is 10.3. The highest BCUT2D eigenvalue weighted by Gasteiger charge is 2.17. The minimum Gasteiger partial charge on any atom is -0.340 e. The number of amides is 1. The minimum atomic E-state index is 0.0205. The van der Waals surface area contributed by atoms with E-state index in [1.54, 1.807) is 17.8 Å². The number of carbonyl (C=O) groups is 1. The summed E-state index contributed by atoms with van der Waals surface area (Å²) in [7, 11) is 0. The molecule has 0 bridgehead atoms. The zero-order valence-electron chi connectivity index (χ0n) is 8.57. The lowest BCUT2D eigenvalue weighted by atomic mass is 10.1. The van der Waals surface area contributed by atoms with Gasteiger partial charge in [-0.25, -0.2) is 0 Å². The monoisotopic (exact) mass is 219 g/mol. The number of nitrogens with one attached hydrogen (secondary N) is 1. The summed E-state index contributed by atoms with van der Waals surface area (Å²) in [6.07, 6.45) is 2.52. The fraction of sp³-hybridized carbons (Fsp3) is 0.250. The summed E-state index contributed by atoms with van der Waals surface area (Å²) < 4.78 is 0. The second kappa shape index (κ2) is 4.53. The molecule has 0 aliphatic carbocycles. The molecule has 0 saturated carbocycles. The molecule has 1 unspecified atom stereocenters. The van der Waals surface area contributed by atoms with Crippen LogP contribution >= 0.6 is 11.8 Å². The Morgan fingerprint density at radius 2 is 2.07 bits per heavy atom. The molecule has 2 rings (SSSR count). The van der Waals surface area contributed by atoms with Gasteiger partial charge in [0.25, 0.3) is 0 Å². The highest BCUT2D eigenvalue weighted by molar-refractivity contribution is 8.03. The van der Waals surface area contributed by atoms with Crippen LogP contribution in [-0.2, 0) is 11.2 Å². The van der Waals surface area contributed by atoms with E-state index in [1.807, 2.05) is 25.1 Å². The first-order chi connectivity index (χ1) is 7.24. The van der Waals surface area contributed by atoms with Crippen LogP contribution in [0.15, 0.2) is 41.3 Å². The van der Waals surface area contributed by atoms with Crippen molar-refractivity contribution in [1.82, 2.24) is 5.32 Å². The number of benzene rings is 1. The van der Waals surface area contributed by atoms with Crippen LogP contribution in [0, 0.1) is 0 Å². The van der Waals surface area contributed by atoms with Crippen LogP contribution in [0.5, 0.6) is 0 Å². The van der Waals surface area contributed by atoms with Crippen molar-refractivity contribution in [2.75, 3.05) is 0 Å². The van der Waals surface area contributed by atoms with Crippen LogP contribution in [0.4, 0.5) is 0 Å². The van der Waals surface area contributed by atoms with Gasteiger partial charge in [0.15, 0.2) is 0 Å². The number of hydrogen-bond acceptors (Lipinski definition) is 2. The maximum Gasteiger partial charge on any atom is 0.245 e. The van der Waals surface area contributed by atoms with E-state index in [0.29, 0.717) is 0 Å². The molecule has 0 spiro atoms. The van der Waals surface area contributed by atoms with Crippen molar-refractivity contribution in [3.05, 3.63) is 46.9 Å². The largest absolute Gasteiger partial charge is 0.340 e. The van der Waals surface area contributed by atoms with E-state index >= 15 is 0 Å². The Labute approximate surface area is 93.8 Å². The summed E-state index contributed by atoms with van der Waals surface area (Å²) in [6.45, 7) is 1.97. The Balaban J connectivity index is 2.02. The molecule has 0 saturated heterocycles. The molecular formula is C12H13NOS. The number of thioether (sulfide) groups is 1. The van der Waals surface area contributed by atoms with E-state index in [4.69, 9.17) is 0 Å². The summed E-state index contributed by atoms with van der Waals surface area (Å²) in [5.41, 5.74) is 1.25. The third-order valence-corrected chi connectivity index (χ3v) is 3.29. The van der Waals surface area contributed by atoms with Crippen molar-refractivity contribution < 1.29 is 4.79 Å². The lowest BCUT2D eigenvalue weighted by molar-refractivity contribution is -0.116. The smallest absolute Gasteiger partial charge is 0.245 e. The molecule has 15 heavy (non-hydrogen) atoms. The summed E-state index contributed by atoms with van der Waals surface area (Å²) >= 11 is 1.71. The Hall–Kier alpha value is -1.22. The number of rotatable bonds is 2. The van der Waals surface area contributed by atoms with Crippen LogP contribution in [0.2, 0.25) is 0 Å². The standard InChI is InChI=1S/C12H13NOS/c1-9-7-11(14)13-12(15-9)8-10-5-3-2-4-6-10/h2-7,12H,8H2,1H3,(H,13,14). The normalized spacial score (nSPS) is 20.7. The Morgan fingerprint density at radius 3 is 2.73 bits per heavy atom. The molecule has 1 atom stereocenters. The van der Waals surface area contributed by atoms with Gasteiger partial charge in [-0.15, -0.1) is 11.8 Å². The van der Waals surface area contributed by atoms with Crippen molar-refractivity contribution in [2.45, 2.75) is 18.7 Å². The third-order valence-electron chi connectivity index (χ3n) is 2.23. The predicted octanol–water partition coefficient (Wildman–Crippen LogP) is 2.32. The van der Waals surface area contributed by atoms with Crippen LogP contribution in [-0.4, -0.2) is 11.3 Å². The lowest BCUT2D eigenvalue weighted by Crippen LogP contribution is -2.35. The van der Waals surface area contributed by atoms with Gasteiger partial charge in [0.05, 0.1) is 5.37 Å². The maximum atomic E-state index is 11.3. The van der Waals surface area contributed by atoms with E-state index in [0.717, 1.165) is 11.3 Å². The molecule has 1 aromatic carbocycles. The summed E-state index contributed by atoms with van der Waals surface area (Å²) in [5, 5.41) is 3.11. The molecule has 2 nitrogen and oxygen atoms in total. The van der Waals surface area contributed by atoms with Crippen molar-refractivity contribution in [2.24, 2.45) is 0 Å². The molecule has 1 heterocycles. The fourth-order valence-electron chi connectivity index (χ4n) is 1.59. The maximum absolute atomic E-state index is 11.3. The first-order valence-electron chi connectivity index (χ1n) is 4.93. The van der Waals surface area contributed by atoms with Gasteiger partial charge in [0, 0.05) is 12.5 Å².